The zero-order valence-corrected chi connectivity index (χ0v) is 30.3. The number of nitrogens with zero attached hydrogens (tertiary/aromatic N) is 6. The standard InChI is InChI=1S/C41H34F2N10O3/c1-3-19-11-35(54)27(42)13-25(19)21-5-7-23-29(9-21)48-50-37(23)39-44-31-15-52(16-32(31)45-39)41(56)53-17-33-34(18-53)47-40(46-33)38-24-8-6-22(10-30(24)49-51-38)26-14-28(43)36(55)12-20(26)4-2/h5-14,54-55H,3-4,15-18H2,1-2H3,(H,44,45)(H,46,47)(H,48,50)(H,49,51). The largest absolute Gasteiger partial charge is 0.505 e. The second-order valence-corrected chi connectivity index (χ2v) is 14.3. The van der Waals surface area contributed by atoms with Crippen molar-refractivity contribution in [2.75, 3.05) is 0 Å². The molecule has 4 aromatic carbocycles. The third kappa shape index (κ3) is 5.29. The van der Waals surface area contributed by atoms with Crippen LogP contribution in [-0.2, 0) is 39.0 Å². The predicted octanol–water partition coefficient (Wildman–Crippen LogP) is 7.82. The number of phenolic OH excluding ortho intramolecular Hbond substituents is 2. The van der Waals surface area contributed by atoms with Crippen LogP contribution in [0.15, 0.2) is 60.7 Å². The number of phenols is 2. The number of carbonyl (C=O) groups is 1. The Hall–Kier alpha value is -7.03. The van der Waals surface area contributed by atoms with E-state index >= 15 is 0 Å². The minimum absolute atomic E-state index is 0.115. The number of aromatic hydroxyl groups is 2. The summed E-state index contributed by atoms with van der Waals surface area (Å²) in [7, 11) is 0. The van der Waals surface area contributed by atoms with Gasteiger partial charge in [0.25, 0.3) is 0 Å². The van der Waals surface area contributed by atoms with Crippen LogP contribution >= 0.6 is 0 Å². The number of hydrogen-bond acceptors (Lipinski definition) is 7. The second kappa shape index (κ2) is 12.5. The van der Waals surface area contributed by atoms with E-state index in [1.165, 1.54) is 24.3 Å². The van der Waals surface area contributed by atoms with E-state index < -0.39 is 11.6 Å². The van der Waals surface area contributed by atoms with Gasteiger partial charge in [0.2, 0.25) is 0 Å². The van der Waals surface area contributed by atoms with E-state index in [1.807, 2.05) is 50.2 Å². The Morgan fingerprint density at radius 2 is 1.11 bits per heavy atom. The molecule has 2 aliphatic heterocycles. The van der Waals surface area contributed by atoms with Crippen LogP contribution in [0.3, 0.4) is 0 Å². The number of imidazole rings is 2. The Morgan fingerprint density at radius 3 is 1.52 bits per heavy atom. The van der Waals surface area contributed by atoms with Gasteiger partial charge in [0.1, 0.15) is 11.4 Å². The molecule has 4 aromatic heterocycles. The van der Waals surface area contributed by atoms with Crippen molar-refractivity contribution >= 4 is 27.8 Å². The van der Waals surface area contributed by atoms with E-state index in [9.17, 15) is 23.8 Å². The third-order valence-corrected chi connectivity index (χ3v) is 11.0. The van der Waals surface area contributed by atoms with Gasteiger partial charge in [-0.05, 0) is 94.8 Å². The van der Waals surface area contributed by atoms with Gasteiger partial charge in [-0.1, -0.05) is 26.0 Å². The second-order valence-electron chi connectivity index (χ2n) is 14.3. The van der Waals surface area contributed by atoms with E-state index in [0.717, 1.165) is 66.8 Å². The Balaban J connectivity index is 0.820. The maximum Gasteiger partial charge on any atom is 0.321 e. The summed E-state index contributed by atoms with van der Waals surface area (Å²) in [5.41, 5.74) is 10.8. The van der Waals surface area contributed by atoms with Gasteiger partial charge >= 0.3 is 6.03 Å². The first kappa shape index (κ1) is 33.5. The Kier molecular flexibility index (Phi) is 7.49. The number of amides is 2. The number of aryl methyl sites for hydroxylation is 2. The molecule has 6 N–H and O–H groups in total. The Bertz CT molecular complexity index is 2670. The van der Waals surface area contributed by atoms with Crippen molar-refractivity contribution in [2.24, 2.45) is 0 Å². The molecule has 0 saturated heterocycles. The predicted molar refractivity (Wildman–Crippen MR) is 204 cm³/mol. The summed E-state index contributed by atoms with van der Waals surface area (Å²) in [5, 5.41) is 36.6. The Labute approximate surface area is 317 Å². The van der Waals surface area contributed by atoms with Crippen molar-refractivity contribution in [1.82, 2.24) is 50.1 Å². The maximum absolute atomic E-state index is 14.3. The summed E-state index contributed by atoms with van der Waals surface area (Å²) in [6.45, 7) is 5.37. The quantitative estimate of drug-likeness (QED) is 0.100. The smallest absolute Gasteiger partial charge is 0.321 e. The molecule has 10 rings (SSSR count). The molecule has 280 valence electrons. The van der Waals surface area contributed by atoms with Gasteiger partial charge in [0.05, 0.1) is 60.0 Å². The molecular weight excluding hydrogens is 719 g/mol. The average molecular weight is 753 g/mol. The molecule has 0 unspecified atom stereocenters. The van der Waals surface area contributed by atoms with E-state index in [2.05, 4.69) is 30.4 Å². The molecule has 0 bridgehead atoms. The van der Waals surface area contributed by atoms with Gasteiger partial charge in [-0.2, -0.15) is 10.2 Å². The van der Waals surface area contributed by atoms with Crippen molar-refractivity contribution in [2.45, 2.75) is 52.9 Å². The van der Waals surface area contributed by atoms with E-state index in [4.69, 9.17) is 9.97 Å². The van der Waals surface area contributed by atoms with Gasteiger partial charge in [-0.3, -0.25) is 10.2 Å². The molecule has 0 fully saturated rings. The minimum atomic E-state index is -0.668. The SMILES string of the molecule is CCc1cc(O)c(F)cc1-c1ccc2c(-c3nc4c([nH]3)CN(C(=O)N3Cc5nc(-c6n[nH]c7cc(-c8cc(F)c(O)cc8CC)ccc67)[nH]c5C3)C4)n[nH]c2c1. The van der Waals surface area contributed by atoms with Crippen molar-refractivity contribution < 1.29 is 23.8 Å². The number of nitrogens with one attached hydrogen (secondary N) is 4. The molecule has 6 heterocycles. The van der Waals surface area contributed by atoms with Crippen LogP contribution in [0.5, 0.6) is 11.5 Å². The lowest BCUT2D eigenvalue weighted by Crippen LogP contribution is -2.37. The van der Waals surface area contributed by atoms with Gasteiger partial charge in [-0.25, -0.2) is 23.5 Å². The molecular formula is C41H34F2N10O3. The van der Waals surface area contributed by atoms with Gasteiger partial charge in [-0.15, -0.1) is 0 Å². The molecule has 0 saturated carbocycles. The molecule has 0 spiro atoms. The number of H-pyrrole nitrogens is 4. The molecule has 0 atom stereocenters. The molecule has 56 heavy (non-hydrogen) atoms. The first-order valence-electron chi connectivity index (χ1n) is 18.4. The van der Waals surface area contributed by atoms with Crippen molar-refractivity contribution in [1.29, 1.82) is 0 Å². The molecule has 8 aromatic rings. The lowest BCUT2D eigenvalue weighted by molar-refractivity contribution is 0.151. The number of rotatable bonds is 6. The summed E-state index contributed by atoms with van der Waals surface area (Å²) in [6, 6.07) is 17.0. The van der Waals surface area contributed by atoms with Crippen LogP contribution < -0.4 is 0 Å². The topological polar surface area (TPSA) is 179 Å². The molecule has 0 radical (unpaired) electrons. The van der Waals surface area contributed by atoms with Crippen LogP contribution in [0.2, 0.25) is 0 Å². The zero-order valence-electron chi connectivity index (χ0n) is 30.3. The fourth-order valence-corrected chi connectivity index (χ4v) is 8.03. The van der Waals surface area contributed by atoms with E-state index in [-0.39, 0.29) is 17.5 Å². The number of urea groups is 1. The highest BCUT2D eigenvalue weighted by molar-refractivity contribution is 5.95. The van der Waals surface area contributed by atoms with Crippen LogP contribution in [0, 0.1) is 11.6 Å². The number of aromatic amines is 4. The maximum atomic E-state index is 14.3. The monoisotopic (exact) mass is 752 g/mol. The van der Waals surface area contributed by atoms with Crippen LogP contribution in [-0.4, -0.2) is 66.4 Å². The van der Waals surface area contributed by atoms with E-state index in [1.54, 1.807) is 9.80 Å². The van der Waals surface area contributed by atoms with Gasteiger partial charge in [0, 0.05) is 10.8 Å². The minimum Gasteiger partial charge on any atom is -0.505 e. The number of aromatic nitrogens is 8. The number of halogens is 2. The van der Waals surface area contributed by atoms with Gasteiger partial charge in [0.15, 0.2) is 34.8 Å². The summed E-state index contributed by atoms with van der Waals surface area (Å²) < 4.78 is 28.5. The third-order valence-electron chi connectivity index (χ3n) is 11.0. The van der Waals surface area contributed by atoms with Gasteiger partial charge < -0.3 is 30.0 Å². The van der Waals surface area contributed by atoms with Crippen molar-refractivity contribution in [3.8, 4) is 56.8 Å². The van der Waals surface area contributed by atoms with Crippen LogP contribution in [0.1, 0.15) is 47.8 Å². The fourth-order valence-electron chi connectivity index (χ4n) is 8.03. The lowest BCUT2D eigenvalue weighted by atomic mass is 9.96. The first-order valence-corrected chi connectivity index (χ1v) is 18.4. The summed E-state index contributed by atoms with van der Waals surface area (Å²) >= 11 is 0. The number of fused-ring (bicyclic) bond motifs is 4. The highest BCUT2D eigenvalue weighted by Gasteiger charge is 2.35. The van der Waals surface area contributed by atoms with Crippen molar-refractivity contribution in [3.63, 3.8) is 0 Å². The number of hydrogen-bond donors (Lipinski definition) is 6. The van der Waals surface area contributed by atoms with E-state index in [0.29, 0.717) is 73.2 Å². The normalized spacial score (nSPS) is 13.7. The Morgan fingerprint density at radius 1 is 0.661 bits per heavy atom. The van der Waals surface area contributed by atoms with Crippen LogP contribution in [0.25, 0.3) is 67.1 Å². The molecule has 2 amide bonds. The molecule has 2 aliphatic rings. The van der Waals surface area contributed by atoms with Crippen molar-refractivity contribution in [3.05, 3.63) is 106 Å². The highest BCUT2D eigenvalue weighted by atomic mass is 19.1. The number of carbonyl (C=O) groups excluding carboxylic acids is 1. The first-order chi connectivity index (χ1) is 27.1. The fraction of sp³-hybridized carbons (Fsp3) is 0.195. The average Bonchev–Trinajstić information content (AvgIpc) is 4.05. The summed E-state index contributed by atoms with van der Waals surface area (Å²) in [4.78, 5) is 33.6. The summed E-state index contributed by atoms with van der Waals surface area (Å²) in [5.74, 6) is -0.865. The molecule has 15 heteroatoms. The van der Waals surface area contributed by atoms with Crippen LogP contribution in [0.4, 0.5) is 13.6 Å². The summed E-state index contributed by atoms with van der Waals surface area (Å²) in [6.07, 6.45) is 1.27. The lowest BCUT2D eigenvalue weighted by Gasteiger charge is -2.23. The highest BCUT2D eigenvalue weighted by Crippen LogP contribution is 2.37. The molecule has 13 nitrogen and oxygen atoms in total. The molecule has 0 aliphatic carbocycles. The zero-order chi connectivity index (χ0) is 38.4. The number of benzene rings is 4.